The number of amidine groups is 1. The van der Waals surface area contributed by atoms with Crippen LogP contribution in [0.4, 0.5) is 5.69 Å². The summed E-state index contributed by atoms with van der Waals surface area (Å²) in [7, 11) is 1.69. The van der Waals surface area contributed by atoms with E-state index < -0.39 is 0 Å². The molecule has 0 radical (unpaired) electrons. The van der Waals surface area contributed by atoms with E-state index in [2.05, 4.69) is 37.1 Å². The van der Waals surface area contributed by atoms with Crippen molar-refractivity contribution in [3.05, 3.63) is 58.7 Å². The van der Waals surface area contributed by atoms with E-state index in [9.17, 15) is 4.79 Å². The van der Waals surface area contributed by atoms with Gasteiger partial charge in [-0.1, -0.05) is 44.4 Å². The first-order valence-electron chi connectivity index (χ1n) is 13.1. The summed E-state index contributed by atoms with van der Waals surface area (Å²) in [4.78, 5) is 16.0. The van der Waals surface area contributed by atoms with Crippen molar-refractivity contribution in [2.45, 2.75) is 89.8 Å². The minimum Gasteiger partial charge on any atom is -0.497 e. The Morgan fingerprint density at radius 2 is 1.97 bits per heavy atom. The highest BCUT2D eigenvalue weighted by Crippen LogP contribution is 2.44. The Morgan fingerprint density at radius 3 is 2.63 bits per heavy atom. The molecule has 2 aromatic rings. The van der Waals surface area contributed by atoms with Gasteiger partial charge >= 0.3 is 0 Å². The van der Waals surface area contributed by atoms with E-state index >= 15 is 0 Å². The molecule has 1 fully saturated rings. The van der Waals surface area contributed by atoms with Gasteiger partial charge in [0.25, 0.3) is 0 Å². The molecule has 4 unspecified atom stereocenters. The highest BCUT2D eigenvalue weighted by atomic mass is 16.5. The topological polar surface area (TPSA) is 91.4 Å². The summed E-state index contributed by atoms with van der Waals surface area (Å²) in [6.07, 6.45) is 7.73. The molecule has 0 aliphatic carbocycles. The number of ether oxygens (including phenoxy) is 1. The fourth-order valence-electron chi connectivity index (χ4n) is 6.05. The highest BCUT2D eigenvalue weighted by Gasteiger charge is 2.36. The van der Waals surface area contributed by atoms with Gasteiger partial charge in [0.1, 0.15) is 11.6 Å². The number of anilines is 1. The lowest BCUT2D eigenvalue weighted by Gasteiger charge is -2.45. The Kier molecular flexibility index (Phi) is 7.80. The van der Waals surface area contributed by atoms with Crippen LogP contribution in [0.25, 0.3) is 0 Å². The number of rotatable bonds is 8. The average molecular weight is 477 g/mol. The molecule has 2 heterocycles. The smallest absolute Gasteiger partial charge is 0.232 e. The number of nitrogens with two attached hydrogens (primary N) is 1. The van der Waals surface area contributed by atoms with Gasteiger partial charge in [0.15, 0.2) is 0 Å². The molecule has 4 rings (SSSR count). The molecule has 0 aromatic heterocycles. The van der Waals surface area contributed by atoms with Crippen LogP contribution in [-0.4, -0.2) is 35.8 Å². The summed E-state index contributed by atoms with van der Waals surface area (Å²) in [5.41, 5.74) is 10.6. The molecule has 6 nitrogen and oxygen atoms in total. The number of hydrogen-bond donors (Lipinski definition) is 3. The normalized spacial score (nSPS) is 23.3. The van der Waals surface area contributed by atoms with Crippen molar-refractivity contribution in [1.82, 2.24) is 4.90 Å². The third-order valence-corrected chi connectivity index (χ3v) is 7.89. The van der Waals surface area contributed by atoms with Gasteiger partial charge in [-0.15, -0.1) is 0 Å². The molecule has 188 valence electrons. The number of benzene rings is 2. The maximum atomic E-state index is 13.2. The SMILES string of the molecule is CCCCC(c1cc(OC)cc2c1CC(c1cccc(C(=N)N)c1)C(=O)N2)N1C(C)CCCC1C. The van der Waals surface area contributed by atoms with Crippen LogP contribution in [0.2, 0.25) is 0 Å². The Hall–Kier alpha value is -2.86. The summed E-state index contributed by atoms with van der Waals surface area (Å²) in [6.45, 7) is 6.97. The predicted octanol–water partition coefficient (Wildman–Crippen LogP) is 5.75. The Bertz CT molecular complexity index is 1070. The molecule has 6 heteroatoms. The van der Waals surface area contributed by atoms with E-state index in [1.54, 1.807) is 7.11 Å². The lowest BCUT2D eigenvalue weighted by molar-refractivity contribution is -0.117. The van der Waals surface area contributed by atoms with Crippen LogP contribution in [-0.2, 0) is 11.2 Å². The van der Waals surface area contributed by atoms with E-state index in [0.717, 1.165) is 36.3 Å². The molecule has 4 N–H and O–H groups in total. The van der Waals surface area contributed by atoms with E-state index in [1.807, 2.05) is 30.3 Å². The lowest BCUT2D eigenvalue weighted by atomic mass is 9.81. The van der Waals surface area contributed by atoms with Crippen molar-refractivity contribution in [3.8, 4) is 5.75 Å². The predicted molar refractivity (Wildman–Crippen MR) is 142 cm³/mol. The number of nitrogens with one attached hydrogen (secondary N) is 2. The fourth-order valence-corrected chi connectivity index (χ4v) is 6.05. The van der Waals surface area contributed by atoms with Crippen LogP contribution in [0, 0.1) is 5.41 Å². The number of piperidine rings is 1. The number of hydrogen-bond acceptors (Lipinski definition) is 4. The van der Waals surface area contributed by atoms with E-state index in [4.69, 9.17) is 15.9 Å². The summed E-state index contributed by atoms with van der Waals surface area (Å²) < 4.78 is 5.70. The first-order chi connectivity index (χ1) is 16.8. The number of likely N-dealkylation sites (tertiary alicyclic amines) is 1. The van der Waals surface area contributed by atoms with Crippen molar-refractivity contribution in [2.75, 3.05) is 12.4 Å². The van der Waals surface area contributed by atoms with E-state index in [-0.39, 0.29) is 23.7 Å². The van der Waals surface area contributed by atoms with E-state index in [0.29, 0.717) is 24.1 Å². The number of methoxy groups -OCH3 is 1. The van der Waals surface area contributed by atoms with Gasteiger partial charge in [-0.3, -0.25) is 15.1 Å². The second kappa shape index (κ2) is 10.8. The average Bonchev–Trinajstić information content (AvgIpc) is 2.84. The second-order valence-corrected chi connectivity index (χ2v) is 10.3. The minimum absolute atomic E-state index is 0.0154. The van der Waals surface area contributed by atoms with Gasteiger partial charge < -0.3 is 15.8 Å². The molecule has 0 spiro atoms. The summed E-state index contributed by atoms with van der Waals surface area (Å²) in [6, 6.07) is 13.0. The second-order valence-electron chi connectivity index (χ2n) is 10.3. The quantitative estimate of drug-likeness (QED) is 0.334. The number of carbonyl (C=O) groups excluding carboxylic acids is 1. The molecular weight excluding hydrogens is 436 g/mol. The van der Waals surface area contributed by atoms with Crippen LogP contribution >= 0.6 is 0 Å². The van der Waals surface area contributed by atoms with Gasteiger partial charge in [0.05, 0.1) is 13.0 Å². The number of unbranched alkanes of at least 4 members (excludes halogenated alkanes) is 1. The van der Waals surface area contributed by atoms with Crippen LogP contribution in [0.3, 0.4) is 0 Å². The number of nitrogen functional groups attached to an aromatic ring is 1. The fraction of sp³-hybridized carbons (Fsp3) is 0.517. The first kappa shape index (κ1) is 25.2. The lowest BCUT2D eigenvalue weighted by Crippen LogP contribution is -2.46. The van der Waals surface area contributed by atoms with Crippen LogP contribution in [0.15, 0.2) is 36.4 Å². The molecule has 2 aromatic carbocycles. The van der Waals surface area contributed by atoms with Crippen molar-refractivity contribution >= 4 is 17.4 Å². The highest BCUT2D eigenvalue weighted by molar-refractivity contribution is 6.00. The summed E-state index contributed by atoms with van der Waals surface area (Å²) in [5.74, 6) is 0.454. The first-order valence-corrected chi connectivity index (χ1v) is 13.1. The molecule has 0 bridgehead atoms. The Balaban J connectivity index is 1.80. The molecule has 1 saturated heterocycles. The summed E-state index contributed by atoms with van der Waals surface area (Å²) in [5, 5.41) is 11.0. The standard InChI is InChI=1S/C29H40N4O2/c1-5-6-13-27(33-18(2)9-7-10-19(33)3)25-15-22(35-4)16-26-24(25)17-23(29(34)32-26)20-11-8-12-21(14-20)28(30)31/h8,11-12,14-16,18-19,23,27H,5-7,9-10,13,17H2,1-4H3,(H3,30,31)(H,32,34). The molecular formula is C29H40N4O2. The molecule has 2 aliphatic heterocycles. The third kappa shape index (κ3) is 5.22. The third-order valence-electron chi connectivity index (χ3n) is 7.89. The zero-order valence-electron chi connectivity index (χ0n) is 21.6. The monoisotopic (exact) mass is 476 g/mol. The minimum atomic E-state index is -0.322. The summed E-state index contributed by atoms with van der Waals surface area (Å²) >= 11 is 0. The van der Waals surface area contributed by atoms with Gasteiger partial charge in [-0.25, -0.2) is 0 Å². The molecule has 1 amide bonds. The van der Waals surface area contributed by atoms with Gasteiger partial charge in [0.2, 0.25) is 5.91 Å². The van der Waals surface area contributed by atoms with Gasteiger partial charge in [0, 0.05) is 35.4 Å². The molecule has 35 heavy (non-hydrogen) atoms. The Morgan fingerprint density at radius 1 is 1.23 bits per heavy atom. The van der Waals surface area contributed by atoms with Crippen molar-refractivity contribution in [1.29, 1.82) is 5.41 Å². The number of carbonyl (C=O) groups is 1. The van der Waals surface area contributed by atoms with Crippen LogP contribution in [0.5, 0.6) is 5.75 Å². The largest absolute Gasteiger partial charge is 0.497 e. The number of amides is 1. The number of fused-ring (bicyclic) bond motifs is 1. The van der Waals surface area contributed by atoms with Crippen molar-refractivity contribution < 1.29 is 9.53 Å². The van der Waals surface area contributed by atoms with Crippen LogP contribution in [0.1, 0.15) is 93.5 Å². The zero-order chi connectivity index (χ0) is 25.1. The molecule has 4 atom stereocenters. The zero-order valence-corrected chi connectivity index (χ0v) is 21.6. The van der Waals surface area contributed by atoms with Gasteiger partial charge in [-0.2, -0.15) is 0 Å². The number of nitrogens with zero attached hydrogens (tertiary/aromatic N) is 1. The molecule has 0 saturated carbocycles. The maximum Gasteiger partial charge on any atom is 0.232 e. The van der Waals surface area contributed by atoms with E-state index in [1.165, 1.54) is 30.4 Å². The Labute approximate surface area is 209 Å². The van der Waals surface area contributed by atoms with Crippen molar-refractivity contribution in [3.63, 3.8) is 0 Å². The van der Waals surface area contributed by atoms with Crippen LogP contribution < -0.4 is 15.8 Å². The maximum absolute atomic E-state index is 13.2. The van der Waals surface area contributed by atoms with Gasteiger partial charge in [-0.05, 0) is 68.4 Å². The van der Waals surface area contributed by atoms with Crippen molar-refractivity contribution in [2.24, 2.45) is 5.73 Å². The molecule has 2 aliphatic rings.